The van der Waals surface area contributed by atoms with Crippen LogP contribution in [0.4, 0.5) is 5.69 Å². The minimum atomic E-state index is -3.56. The van der Waals surface area contributed by atoms with Gasteiger partial charge in [-0.05, 0) is 42.7 Å². The quantitative estimate of drug-likeness (QED) is 0.934. The smallest absolute Gasteiger partial charge is 0.265 e. The molecule has 2 aliphatic heterocycles. The number of fused-ring (bicyclic) bond motifs is 1. The standard InChI is InChI=1S/C18H19N3O2S/c1-13-9-15-10-16(7-8-17(15)20-13)24(22,23)21-11-18(19-12-21)14-5-3-2-4-6-14/h2-8,10,12-13,18,20H,9,11H2,1H3. The lowest BCUT2D eigenvalue weighted by Crippen LogP contribution is -2.28. The number of rotatable bonds is 3. The van der Waals surface area contributed by atoms with Crippen LogP contribution in [-0.2, 0) is 16.4 Å². The highest BCUT2D eigenvalue weighted by Crippen LogP contribution is 2.31. The van der Waals surface area contributed by atoms with Crippen molar-refractivity contribution >= 4 is 22.0 Å². The van der Waals surface area contributed by atoms with Crippen LogP contribution in [0.15, 0.2) is 58.4 Å². The molecule has 0 spiro atoms. The van der Waals surface area contributed by atoms with Crippen LogP contribution in [-0.4, -0.2) is 31.6 Å². The van der Waals surface area contributed by atoms with E-state index in [2.05, 4.69) is 17.2 Å². The second-order valence-electron chi connectivity index (χ2n) is 6.33. The third-order valence-corrected chi connectivity index (χ3v) is 6.23. The summed E-state index contributed by atoms with van der Waals surface area (Å²) in [7, 11) is -3.56. The molecule has 2 atom stereocenters. The van der Waals surface area contributed by atoms with Gasteiger partial charge in [-0.15, -0.1) is 0 Å². The van der Waals surface area contributed by atoms with E-state index in [1.165, 1.54) is 10.6 Å². The zero-order valence-corrected chi connectivity index (χ0v) is 14.2. The molecule has 2 aromatic rings. The molecule has 2 unspecified atom stereocenters. The molecule has 2 aliphatic rings. The first kappa shape index (κ1) is 15.2. The van der Waals surface area contributed by atoms with Crippen molar-refractivity contribution in [3.63, 3.8) is 0 Å². The summed E-state index contributed by atoms with van der Waals surface area (Å²) in [5, 5.41) is 3.34. The first-order valence-corrected chi connectivity index (χ1v) is 9.47. The Hall–Kier alpha value is -2.34. The Balaban J connectivity index is 1.59. The van der Waals surface area contributed by atoms with Gasteiger partial charge in [-0.2, -0.15) is 0 Å². The number of benzene rings is 2. The summed E-state index contributed by atoms with van der Waals surface area (Å²) < 4.78 is 27.2. The van der Waals surface area contributed by atoms with Gasteiger partial charge in [0.15, 0.2) is 0 Å². The van der Waals surface area contributed by atoms with Crippen molar-refractivity contribution in [1.29, 1.82) is 0 Å². The maximum atomic E-state index is 12.9. The molecule has 1 N–H and O–H groups in total. The number of anilines is 1. The fourth-order valence-electron chi connectivity index (χ4n) is 3.27. The second-order valence-corrected chi connectivity index (χ2v) is 8.22. The normalized spacial score (nSPS) is 22.5. The lowest BCUT2D eigenvalue weighted by Gasteiger charge is -2.17. The van der Waals surface area contributed by atoms with Gasteiger partial charge in [0.1, 0.15) is 6.34 Å². The van der Waals surface area contributed by atoms with E-state index in [0.717, 1.165) is 23.2 Å². The van der Waals surface area contributed by atoms with Crippen LogP contribution < -0.4 is 5.32 Å². The van der Waals surface area contributed by atoms with Gasteiger partial charge in [0, 0.05) is 11.7 Å². The second kappa shape index (κ2) is 5.63. The third kappa shape index (κ3) is 2.57. The van der Waals surface area contributed by atoms with Crippen molar-refractivity contribution in [2.45, 2.75) is 30.3 Å². The van der Waals surface area contributed by atoms with Gasteiger partial charge in [0.2, 0.25) is 0 Å². The summed E-state index contributed by atoms with van der Waals surface area (Å²) in [6.45, 7) is 2.43. The zero-order chi connectivity index (χ0) is 16.7. The van der Waals surface area contributed by atoms with Crippen molar-refractivity contribution in [2.75, 3.05) is 11.9 Å². The van der Waals surface area contributed by atoms with Crippen LogP contribution in [0.25, 0.3) is 0 Å². The highest BCUT2D eigenvalue weighted by Gasteiger charge is 2.30. The van der Waals surface area contributed by atoms with Gasteiger partial charge < -0.3 is 5.32 Å². The summed E-state index contributed by atoms with van der Waals surface area (Å²) in [5.74, 6) is 0. The van der Waals surface area contributed by atoms with Gasteiger partial charge in [-0.25, -0.2) is 8.42 Å². The number of hydrogen-bond acceptors (Lipinski definition) is 4. The molecular formula is C18H19N3O2S. The summed E-state index contributed by atoms with van der Waals surface area (Å²) >= 11 is 0. The van der Waals surface area contributed by atoms with Crippen LogP contribution in [0.1, 0.15) is 24.1 Å². The van der Waals surface area contributed by atoms with E-state index >= 15 is 0 Å². The minimum absolute atomic E-state index is 0.142. The van der Waals surface area contributed by atoms with E-state index in [4.69, 9.17) is 0 Å². The maximum Gasteiger partial charge on any atom is 0.265 e. The van der Waals surface area contributed by atoms with Gasteiger partial charge >= 0.3 is 0 Å². The lowest BCUT2D eigenvalue weighted by molar-refractivity contribution is 0.523. The number of nitrogens with zero attached hydrogens (tertiary/aromatic N) is 2. The zero-order valence-electron chi connectivity index (χ0n) is 13.4. The predicted octanol–water partition coefficient (Wildman–Crippen LogP) is 2.82. The molecule has 0 amide bonds. The fourth-order valence-corrected chi connectivity index (χ4v) is 4.59. The summed E-state index contributed by atoms with van der Waals surface area (Å²) in [5.41, 5.74) is 3.11. The maximum absolute atomic E-state index is 12.9. The van der Waals surface area contributed by atoms with Crippen molar-refractivity contribution in [2.24, 2.45) is 4.99 Å². The molecule has 124 valence electrons. The fraction of sp³-hybridized carbons (Fsp3) is 0.278. The number of sulfonamides is 1. The monoisotopic (exact) mass is 341 g/mol. The average molecular weight is 341 g/mol. The van der Waals surface area contributed by atoms with Crippen molar-refractivity contribution in [3.05, 3.63) is 59.7 Å². The molecule has 5 nitrogen and oxygen atoms in total. The van der Waals surface area contributed by atoms with E-state index in [1.807, 2.05) is 36.4 Å². The van der Waals surface area contributed by atoms with E-state index in [1.54, 1.807) is 12.1 Å². The molecule has 0 aromatic heterocycles. The molecule has 24 heavy (non-hydrogen) atoms. The predicted molar refractivity (Wildman–Crippen MR) is 94.8 cm³/mol. The Morgan fingerprint density at radius 1 is 1.17 bits per heavy atom. The molecule has 0 fully saturated rings. The topological polar surface area (TPSA) is 61.8 Å². The van der Waals surface area contributed by atoms with Crippen molar-refractivity contribution < 1.29 is 8.42 Å². The van der Waals surface area contributed by atoms with Crippen LogP contribution in [0, 0.1) is 0 Å². The van der Waals surface area contributed by atoms with Crippen molar-refractivity contribution in [1.82, 2.24) is 4.31 Å². The third-order valence-electron chi connectivity index (χ3n) is 4.52. The van der Waals surface area contributed by atoms with Gasteiger partial charge in [-0.3, -0.25) is 9.30 Å². The van der Waals surface area contributed by atoms with Crippen LogP contribution in [0.3, 0.4) is 0 Å². The van der Waals surface area contributed by atoms with Gasteiger partial charge in [0.05, 0.1) is 17.5 Å². The van der Waals surface area contributed by atoms with Gasteiger partial charge in [0.25, 0.3) is 10.0 Å². The summed E-state index contributed by atoms with van der Waals surface area (Å²) in [4.78, 5) is 4.70. The summed E-state index contributed by atoms with van der Waals surface area (Å²) in [6, 6.07) is 15.3. The molecule has 2 heterocycles. The molecule has 6 heteroatoms. The van der Waals surface area contributed by atoms with Gasteiger partial charge in [-0.1, -0.05) is 30.3 Å². The first-order valence-electron chi connectivity index (χ1n) is 8.03. The molecular weight excluding hydrogens is 322 g/mol. The molecule has 0 aliphatic carbocycles. The van der Waals surface area contributed by atoms with E-state index < -0.39 is 10.0 Å². The Labute approximate surface area is 142 Å². The molecule has 0 saturated carbocycles. The highest BCUT2D eigenvalue weighted by atomic mass is 32.2. The molecule has 2 aromatic carbocycles. The Kier molecular flexibility index (Phi) is 3.57. The molecule has 0 radical (unpaired) electrons. The largest absolute Gasteiger partial charge is 0.382 e. The molecule has 0 saturated heterocycles. The Bertz CT molecular complexity index is 894. The first-order chi connectivity index (χ1) is 11.5. The Morgan fingerprint density at radius 3 is 2.75 bits per heavy atom. The minimum Gasteiger partial charge on any atom is -0.382 e. The van der Waals surface area contributed by atoms with Crippen LogP contribution in [0.2, 0.25) is 0 Å². The number of aliphatic imine (C=N–C) groups is 1. The molecule has 0 bridgehead atoms. The summed E-state index contributed by atoms with van der Waals surface area (Å²) in [6.07, 6.45) is 2.29. The lowest BCUT2D eigenvalue weighted by atomic mass is 10.1. The van der Waals surface area contributed by atoms with Crippen LogP contribution >= 0.6 is 0 Å². The Morgan fingerprint density at radius 2 is 1.96 bits per heavy atom. The average Bonchev–Trinajstić information content (AvgIpc) is 3.21. The van der Waals surface area contributed by atoms with Crippen molar-refractivity contribution in [3.8, 4) is 0 Å². The number of hydrogen-bond donors (Lipinski definition) is 1. The SMILES string of the molecule is CC1Cc2cc(S(=O)(=O)N3C=NC(c4ccccc4)C3)ccc2N1. The molecule has 4 rings (SSSR count). The van der Waals surface area contributed by atoms with E-state index in [0.29, 0.717) is 17.5 Å². The van der Waals surface area contributed by atoms with E-state index in [-0.39, 0.29) is 6.04 Å². The van der Waals surface area contributed by atoms with Crippen LogP contribution in [0.5, 0.6) is 0 Å². The van der Waals surface area contributed by atoms with E-state index in [9.17, 15) is 8.42 Å². The number of nitrogens with one attached hydrogen (secondary N) is 1. The highest BCUT2D eigenvalue weighted by molar-refractivity contribution is 7.89.